The molecule has 0 bridgehead atoms. The molecule has 2 rings (SSSR count). The van der Waals surface area contributed by atoms with Gasteiger partial charge in [0.05, 0.1) is 12.2 Å². The maximum Gasteiger partial charge on any atom is 0.306 e. The molecular formula is C17H31NO3. The molecule has 1 saturated heterocycles. The molecule has 1 N–H and O–H groups in total. The van der Waals surface area contributed by atoms with Gasteiger partial charge in [0, 0.05) is 13.0 Å². The summed E-state index contributed by atoms with van der Waals surface area (Å²) in [5, 5.41) is 10.7. The Hall–Kier alpha value is -0.610. The molecule has 0 aromatic rings. The molecule has 122 valence electrons. The summed E-state index contributed by atoms with van der Waals surface area (Å²) in [5.41, 5.74) is -0.472. The van der Waals surface area contributed by atoms with Gasteiger partial charge in [-0.3, -0.25) is 4.79 Å². The quantitative estimate of drug-likeness (QED) is 0.793. The highest BCUT2D eigenvalue weighted by Crippen LogP contribution is 2.33. The fourth-order valence-corrected chi connectivity index (χ4v) is 3.68. The first-order chi connectivity index (χ1) is 10.0. The first-order valence-electron chi connectivity index (χ1n) is 8.61. The van der Waals surface area contributed by atoms with Gasteiger partial charge >= 0.3 is 5.97 Å². The summed E-state index contributed by atoms with van der Waals surface area (Å²) in [4.78, 5) is 13.9. The van der Waals surface area contributed by atoms with Crippen molar-refractivity contribution in [2.45, 2.75) is 64.4 Å². The van der Waals surface area contributed by atoms with Crippen LogP contribution in [-0.4, -0.2) is 47.8 Å². The van der Waals surface area contributed by atoms with Gasteiger partial charge in [-0.25, -0.2) is 0 Å². The predicted octanol–water partition coefficient (Wildman–Crippen LogP) is 2.59. The van der Waals surface area contributed by atoms with Gasteiger partial charge in [0.2, 0.25) is 0 Å². The Labute approximate surface area is 128 Å². The number of carbonyl (C=O) groups excluding carboxylic acids is 1. The molecule has 2 fully saturated rings. The average molecular weight is 297 g/mol. The maximum atomic E-state index is 11.5. The van der Waals surface area contributed by atoms with E-state index >= 15 is 0 Å². The third-order valence-corrected chi connectivity index (χ3v) is 5.19. The molecule has 1 aliphatic carbocycles. The summed E-state index contributed by atoms with van der Waals surface area (Å²) in [5.74, 6) is 1.16. The van der Waals surface area contributed by atoms with Gasteiger partial charge in [-0.05, 0) is 70.4 Å². The topological polar surface area (TPSA) is 49.8 Å². The standard InChI is InChI=1S/C17H31NO3/c1-3-21-16(19)12-15-6-10-18(11-7-15)13-17(20)8-4-14(2)5-9-17/h14-15,20H,3-13H2,1-2H3. The fraction of sp³-hybridized carbons (Fsp3) is 0.941. The number of piperidine rings is 1. The van der Waals surface area contributed by atoms with Crippen molar-refractivity contribution in [3.63, 3.8) is 0 Å². The van der Waals surface area contributed by atoms with E-state index in [0.29, 0.717) is 18.9 Å². The lowest BCUT2D eigenvalue weighted by Gasteiger charge is -2.41. The average Bonchev–Trinajstić information content (AvgIpc) is 2.45. The monoisotopic (exact) mass is 297 g/mol. The maximum absolute atomic E-state index is 11.5. The zero-order chi connectivity index (χ0) is 15.3. The van der Waals surface area contributed by atoms with Crippen molar-refractivity contribution in [2.24, 2.45) is 11.8 Å². The second-order valence-corrected chi connectivity index (χ2v) is 7.14. The van der Waals surface area contributed by atoms with Gasteiger partial charge in [0.1, 0.15) is 0 Å². The first-order valence-corrected chi connectivity index (χ1v) is 8.61. The second-order valence-electron chi connectivity index (χ2n) is 7.14. The number of esters is 1. The number of carbonyl (C=O) groups is 1. The van der Waals surface area contributed by atoms with Crippen LogP contribution in [0.25, 0.3) is 0 Å². The SMILES string of the molecule is CCOC(=O)CC1CCN(CC2(O)CCC(C)CC2)CC1. The number of likely N-dealkylation sites (tertiary alicyclic amines) is 1. The summed E-state index contributed by atoms with van der Waals surface area (Å²) >= 11 is 0. The van der Waals surface area contributed by atoms with Crippen LogP contribution in [-0.2, 0) is 9.53 Å². The Morgan fingerprint density at radius 2 is 1.86 bits per heavy atom. The van der Waals surface area contributed by atoms with Gasteiger partial charge in [-0.15, -0.1) is 0 Å². The van der Waals surface area contributed by atoms with Gasteiger partial charge in [0.15, 0.2) is 0 Å². The molecule has 0 spiro atoms. The van der Waals surface area contributed by atoms with Crippen molar-refractivity contribution < 1.29 is 14.6 Å². The van der Waals surface area contributed by atoms with E-state index in [1.54, 1.807) is 0 Å². The summed E-state index contributed by atoms with van der Waals surface area (Å²) in [6.07, 6.45) is 6.83. The smallest absolute Gasteiger partial charge is 0.306 e. The number of nitrogens with zero attached hydrogens (tertiary/aromatic N) is 1. The normalized spacial score (nSPS) is 32.0. The molecule has 1 heterocycles. The summed E-state index contributed by atoms with van der Waals surface area (Å²) in [6.45, 7) is 7.42. The van der Waals surface area contributed by atoms with Crippen LogP contribution in [0.5, 0.6) is 0 Å². The highest BCUT2D eigenvalue weighted by atomic mass is 16.5. The Morgan fingerprint density at radius 1 is 1.24 bits per heavy atom. The molecule has 0 aromatic heterocycles. The summed E-state index contributed by atoms with van der Waals surface area (Å²) in [7, 11) is 0. The molecular weight excluding hydrogens is 266 g/mol. The lowest BCUT2D eigenvalue weighted by atomic mass is 9.79. The van der Waals surface area contributed by atoms with Crippen LogP contribution < -0.4 is 0 Å². The Bertz CT molecular complexity index is 329. The van der Waals surface area contributed by atoms with E-state index in [4.69, 9.17) is 4.74 Å². The van der Waals surface area contributed by atoms with Crippen LogP contribution in [0, 0.1) is 11.8 Å². The highest BCUT2D eigenvalue weighted by Gasteiger charge is 2.34. The number of hydrogen-bond acceptors (Lipinski definition) is 4. The molecule has 0 unspecified atom stereocenters. The Kier molecular flexibility index (Phi) is 6.06. The minimum absolute atomic E-state index is 0.0594. The lowest BCUT2D eigenvalue weighted by Crippen LogP contribution is -2.48. The number of ether oxygens (including phenoxy) is 1. The van der Waals surface area contributed by atoms with Crippen LogP contribution in [0.4, 0.5) is 0 Å². The third-order valence-electron chi connectivity index (χ3n) is 5.19. The molecule has 1 saturated carbocycles. The van der Waals surface area contributed by atoms with E-state index in [1.165, 1.54) is 0 Å². The van der Waals surface area contributed by atoms with Crippen molar-refractivity contribution in [2.75, 3.05) is 26.2 Å². The van der Waals surface area contributed by atoms with Gasteiger partial charge in [-0.1, -0.05) is 6.92 Å². The number of aliphatic hydroxyl groups is 1. The van der Waals surface area contributed by atoms with Crippen molar-refractivity contribution in [3.05, 3.63) is 0 Å². The molecule has 0 aromatic carbocycles. The fourth-order valence-electron chi connectivity index (χ4n) is 3.68. The van der Waals surface area contributed by atoms with E-state index in [0.717, 1.165) is 64.1 Å². The van der Waals surface area contributed by atoms with Crippen LogP contribution in [0.2, 0.25) is 0 Å². The van der Waals surface area contributed by atoms with Crippen LogP contribution in [0.3, 0.4) is 0 Å². The van der Waals surface area contributed by atoms with Crippen molar-refractivity contribution in [3.8, 4) is 0 Å². The minimum atomic E-state index is -0.472. The van der Waals surface area contributed by atoms with Gasteiger partial charge < -0.3 is 14.7 Å². The van der Waals surface area contributed by atoms with Crippen LogP contribution >= 0.6 is 0 Å². The molecule has 0 radical (unpaired) electrons. The molecule has 4 nitrogen and oxygen atoms in total. The zero-order valence-electron chi connectivity index (χ0n) is 13.6. The minimum Gasteiger partial charge on any atom is -0.466 e. The molecule has 0 amide bonds. The molecule has 4 heteroatoms. The molecule has 0 atom stereocenters. The molecule has 1 aliphatic heterocycles. The number of hydrogen-bond donors (Lipinski definition) is 1. The van der Waals surface area contributed by atoms with Crippen LogP contribution in [0.1, 0.15) is 58.8 Å². The lowest BCUT2D eigenvalue weighted by molar-refractivity contribution is -0.144. The first kappa shape index (κ1) is 16.8. The molecule has 21 heavy (non-hydrogen) atoms. The van der Waals surface area contributed by atoms with E-state index in [1.807, 2.05) is 6.92 Å². The van der Waals surface area contributed by atoms with Gasteiger partial charge in [0.25, 0.3) is 0 Å². The second kappa shape index (κ2) is 7.59. The largest absolute Gasteiger partial charge is 0.466 e. The zero-order valence-corrected chi connectivity index (χ0v) is 13.6. The summed E-state index contributed by atoms with van der Waals surface area (Å²) < 4.78 is 5.03. The predicted molar refractivity (Wildman–Crippen MR) is 83.0 cm³/mol. The van der Waals surface area contributed by atoms with Crippen LogP contribution in [0.15, 0.2) is 0 Å². The van der Waals surface area contributed by atoms with E-state index < -0.39 is 5.60 Å². The van der Waals surface area contributed by atoms with Gasteiger partial charge in [-0.2, -0.15) is 0 Å². The number of rotatable bonds is 5. The summed E-state index contributed by atoms with van der Waals surface area (Å²) in [6, 6.07) is 0. The van der Waals surface area contributed by atoms with E-state index in [9.17, 15) is 9.90 Å². The van der Waals surface area contributed by atoms with Crippen molar-refractivity contribution >= 4 is 5.97 Å². The van der Waals surface area contributed by atoms with E-state index in [-0.39, 0.29) is 5.97 Å². The van der Waals surface area contributed by atoms with Crippen molar-refractivity contribution in [1.82, 2.24) is 4.90 Å². The molecule has 2 aliphatic rings. The Morgan fingerprint density at radius 3 is 2.43 bits per heavy atom. The third kappa shape index (κ3) is 5.26. The number of β-amino-alcohol motifs (C(OH)–C–C–N with tert-alkyl or cyclic N) is 1. The highest BCUT2D eigenvalue weighted by molar-refractivity contribution is 5.69. The Balaban J connectivity index is 1.70. The van der Waals surface area contributed by atoms with Crippen molar-refractivity contribution in [1.29, 1.82) is 0 Å². The van der Waals surface area contributed by atoms with E-state index in [2.05, 4.69) is 11.8 Å².